The number of imide groups is 1. The highest BCUT2D eigenvalue weighted by Gasteiger charge is 2.34. The van der Waals surface area contributed by atoms with E-state index in [-0.39, 0.29) is 12.8 Å². The summed E-state index contributed by atoms with van der Waals surface area (Å²) in [6, 6.07) is -0.501. The molecule has 102 valence electrons. The van der Waals surface area contributed by atoms with Crippen molar-refractivity contribution in [1.82, 2.24) is 10.2 Å². The number of nitrogens with one attached hydrogen (secondary N) is 1. The second kappa shape index (κ2) is 5.81. The molecule has 18 heavy (non-hydrogen) atoms. The fourth-order valence-corrected chi connectivity index (χ4v) is 1.70. The van der Waals surface area contributed by atoms with Gasteiger partial charge in [0.05, 0.1) is 25.2 Å². The lowest BCUT2D eigenvalue weighted by Crippen LogP contribution is -2.59. The Labute approximate surface area is 105 Å². The molecule has 3 amide bonds. The normalized spacial score (nSPS) is 18.2. The quantitative estimate of drug-likeness (QED) is 0.753. The molecule has 0 radical (unpaired) electrons. The molecule has 0 atom stereocenters. The third-order valence-electron chi connectivity index (χ3n) is 2.70. The van der Waals surface area contributed by atoms with Crippen LogP contribution in [-0.4, -0.2) is 53.2 Å². The SMILES string of the molecule is CC1(C)COCCN1C(=O)NC(=O)CCC(=O)O. The van der Waals surface area contributed by atoms with Crippen LogP contribution in [0.1, 0.15) is 26.7 Å². The van der Waals surface area contributed by atoms with E-state index in [1.165, 1.54) is 4.90 Å². The molecule has 0 aromatic heterocycles. The molecular weight excluding hydrogens is 240 g/mol. The first-order valence-corrected chi connectivity index (χ1v) is 5.74. The van der Waals surface area contributed by atoms with Gasteiger partial charge in [0.2, 0.25) is 5.91 Å². The molecule has 0 aromatic rings. The van der Waals surface area contributed by atoms with Crippen molar-refractivity contribution in [2.75, 3.05) is 19.8 Å². The Bertz CT molecular complexity index is 353. The van der Waals surface area contributed by atoms with Crippen LogP contribution in [0, 0.1) is 0 Å². The second-order valence-corrected chi connectivity index (χ2v) is 4.76. The van der Waals surface area contributed by atoms with Gasteiger partial charge in [-0.1, -0.05) is 0 Å². The maximum absolute atomic E-state index is 11.9. The zero-order chi connectivity index (χ0) is 13.8. The fraction of sp³-hybridized carbons (Fsp3) is 0.727. The summed E-state index contributed by atoms with van der Waals surface area (Å²) in [6.07, 6.45) is -0.489. The third kappa shape index (κ3) is 3.99. The molecule has 1 rings (SSSR count). The van der Waals surface area contributed by atoms with E-state index in [0.717, 1.165) is 0 Å². The van der Waals surface area contributed by atoms with Gasteiger partial charge in [-0.25, -0.2) is 4.79 Å². The molecule has 1 saturated heterocycles. The van der Waals surface area contributed by atoms with Crippen molar-refractivity contribution in [3.05, 3.63) is 0 Å². The van der Waals surface area contributed by atoms with Crippen LogP contribution in [0.5, 0.6) is 0 Å². The van der Waals surface area contributed by atoms with Gasteiger partial charge in [0.15, 0.2) is 0 Å². The van der Waals surface area contributed by atoms with Crippen LogP contribution in [0.2, 0.25) is 0 Å². The van der Waals surface area contributed by atoms with Gasteiger partial charge < -0.3 is 14.7 Å². The summed E-state index contributed by atoms with van der Waals surface area (Å²) >= 11 is 0. The Hall–Kier alpha value is -1.63. The van der Waals surface area contributed by atoms with Crippen LogP contribution in [0.4, 0.5) is 4.79 Å². The molecule has 0 aliphatic carbocycles. The number of carbonyl (C=O) groups is 3. The number of carbonyl (C=O) groups excluding carboxylic acids is 2. The zero-order valence-electron chi connectivity index (χ0n) is 10.6. The lowest BCUT2D eigenvalue weighted by Gasteiger charge is -2.41. The molecule has 1 heterocycles. The monoisotopic (exact) mass is 258 g/mol. The third-order valence-corrected chi connectivity index (χ3v) is 2.70. The van der Waals surface area contributed by atoms with E-state index >= 15 is 0 Å². The van der Waals surface area contributed by atoms with Crippen LogP contribution in [0.25, 0.3) is 0 Å². The maximum Gasteiger partial charge on any atom is 0.324 e. The number of amides is 3. The number of hydrogen-bond acceptors (Lipinski definition) is 4. The highest BCUT2D eigenvalue weighted by Crippen LogP contribution is 2.18. The molecule has 0 aromatic carbocycles. The summed E-state index contributed by atoms with van der Waals surface area (Å²) in [5.74, 6) is -1.64. The number of hydrogen-bond donors (Lipinski definition) is 2. The fourth-order valence-electron chi connectivity index (χ4n) is 1.70. The van der Waals surface area contributed by atoms with E-state index in [1.54, 1.807) is 0 Å². The van der Waals surface area contributed by atoms with E-state index in [9.17, 15) is 14.4 Å². The van der Waals surface area contributed by atoms with Crippen LogP contribution < -0.4 is 5.32 Å². The van der Waals surface area contributed by atoms with E-state index in [2.05, 4.69) is 5.32 Å². The zero-order valence-corrected chi connectivity index (χ0v) is 10.6. The molecule has 1 fully saturated rings. The van der Waals surface area contributed by atoms with Crippen LogP contribution in [0.3, 0.4) is 0 Å². The van der Waals surface area contributed by atoms with Crippen LogP contribution in [0.15, 0.2) is 0 Å². The van der Waals surface area contributed by atoms with Gasteiger partial charge in [-0.15, -0.1) is 0 Å². The molecule has 7 heteroatoms. The number of nitrogens with zero attached hydrogens (tertiary/aromatic N) is 1. The van der Waals surface area contributed by atoms with Gasteiger partial charge >= 0.3 is 12.0 Å². The van der Waals surface area contributed by atoms with Crippen molar-refractivity contribution >= 4 is 17.9 Å². The smallest absolute Gasteiger partial charge is 0.324 e. The summed E-state index contributed by atoms with van der Waals surface area (Å²) in [7, 11) is 0. The summed E-state index contributed by atoms with van der Waals surface area (Å²) in [4.78, 5) is 35.0. The average Bonchev–Trinajstić information content (AvgIpc) is 2.25. The summed E-state index contributed by atoms with van der Waals surface area (Å²) in [5, 5.41) is 10.6. The molecular formula is C11H18N2O5. The largest absolute Gasteiger partial charge is 0.481 e. The second-order valence-electron chi connectivity index (χ2n) is 4.76. The number of carboxylic acids is 1. The van der Waals surface area contributed by atoms with E-state index in [0.29, 0.717) is 19.8 Å². The lowest BCUT2D eigenvalue weighted by atomic mass is 10.0. The van der Waals surface area contributed by atoms with Gasteiger partial charge in [-0.2, -0.15) is 0 Å². The summed E-state index contributed by atoms with van der Waals surface area (Å²) in [6.45, 7) is 4.93. The van der Waals surface area contributed by atoms with Crippen molar-refractivity contribution in [2.24, 2.45) is 0 Å². The number of aliphatic carboxylic acids is 1. The summed E-state index contributed by atoms with van der Waals surface area (Å²) < 4.78 is 5.26. The van der Waals surface area contributed by atoms with E-state index in [4.69, 9.17) is 9.84 Å². The Morgan fingerprint density at radius 3 is 2.56 bits per heavy atom. The number of rotatable bonds is 3. The lowest BCUT2D eigenvalue weighted by molar-refractivity contribution is -0.138. The molecule has 7 nitrogen and oxygen atoms in total. The number of carboxylic acid groups (broad SMARTS) is 1. The van der Waals surface area contributed by atoms with Crippen molar-refractivity contribution in [3.63, 3.8) is 0 Å². The first-order chi connectivity index (χ1) is 8.33. The first kappa shape index (κ1) is 14.4. The number of ether oxygens (including phenoxy) is 1. The minimum Gasteiger partial charge on any atom is -0.481 e. The van der Waals surface area contributed by atoms with Crippen molar-refractivity contribution in [2.45, 2.75) is 32.2 Å². The standard InChI is InChI=1S/C11H18N2O5/c1-11(2)7-18-6-5-13(11)10(17)12-8(14)3-4-9(15)16/h3-7H2,1-2H3,(H,15,16)(H,12,14,17). The van der Waals surface area contributed by atoms with Gasteiger partial charge in [-0.05, 0) is 13.8 Å². The molecule has 2 N–H and O–H groups in total. The highest BCUT2D eigenvalue weighted by atomic mass is 16.5. The molecule has 1 aliphatic heterocycles. The van der Waals surface area contributed by atoms with Crippen molar-refractivity contribution < 1.29 is 24.2 Å². The topological polar surface area (TPSA) is 95.9 Å². The van der Waals surface area contributed by atoms with Gasteiger partial charge in [0.25, 0.3) is 0 Å². The van der Waals surface area contributed by atoms with Crippen LogP contribution in [-0.2, 0) is 14.3 Å². The Balaban J connectivity index is 2.49. The van der Waals surface area contributed by atoms with Crippen molar-refractivity contribution in [3.8, 4) is 0 Å². The highest BCUT2D eigenvalue weighted by molar-refractivity contribution is 5.95. The van der Waals surface area contributed by atoms with Gasteiger partial charge in [0, 0.05) is 13.0 Å². The van der Waals surface area contributed by atoms with E-state index in [1.807, 2.05) is 13.8 Å². The van der Waals surface area contributed by atoms with E-state index < -0.39 is 23.4 Å². The van der Waals surface area contributed by atoms with Gasteiger partial charge in [0.1, 0.15) is 0 Å². The average molecular weight is 258 g/mol. The Kier molecular flexibility index (Phi) is 4.66. The first-order valence-electron chi connectivity index (χ1n) is 5.74. The predicted octanol–water partition coefficient (Wildman–Crippen LogP) is 0.198. The minimum atomic E-state index is -1.07. The molecule has 0 saturated carbocycles. The summed E-state index contributed by atoms with van der Waals surface area (Å²) in [5.41, 5.74) is -0.477. The number of urea groups is 1. The molecule has 0 spiro atoms. The maximum atomic E-state index is 11.9. The Morgan fingerprint density at radius 2 is 2.00 bits per heavy atom. The number of morpholine rings is 1. The molecule has 1 aliphatic rings. The molecule has 0 unspecified atom stereocenters. The Morgan fingerprint density at radius 1 is 1.33 bits per heavy atom. The van der Waals surface area contributed by atoms with Crippen LogP contribution >= 0.6 is 0 Å². The molecule has 0 bridgehead atoms. The van der Waals surface area contributed by atoms with Crippen molar-refractivity contribution in [1.29, 1.82) is 0 Å². The minimum absolute atomic E-state index is 0.203. The van der Waals surface area contributed by atoms with Gasteiger partial charge in [-0.3, -0.25) is 14.9 Å². The predicted molar refractivity (Wildman–Crippen MR) is 62.0 cm³/mol.